The van der Waals surface area contributed by atoms with Crippen LogP contribution in [0.1, 0.15) is 5.69 Å². The summed E-state index contributed by atoms with van der Waals surface area (Å²) in [5, 5.41) is 4.34. The second kappa shape index (κ2) is 3.54. The van der Waals surface area contributed by atoms with Crippen molar-refractivity contribution in [1.29, 1.82) is 0 Å². The molecule has 0 radical (unpaired) electrons. The number of benzene rings is 1. The fraction of sp³-hybridized carbons (Fsp3) is 0.182. The maximum atomic E-state index is 5.16. The van der Waals surface area contributed by atoms with Crippen molar-refractivity contribution in [3.63, 3.8) is 0 Å². The zero-order chi connectivity index (χ0) is 9.97. The minimum Gasteiger partial charge on any atom is -0.493 e. The van der Waals surface area contributed by atoms with Crippen LogP contribution in [0.15, 0.2) is 36.5 Å². The van der Waals surface area contributed by atoms with E-state index in [0.717, 1.165) is 17.1 Å². The molecule has 1 aromatic carbocycles. The Morgan fingerprint density at radius 2 is 1.93 bits per heavy atom. The van der Waals surface area contributed by atoms with Crippen LogP contribution in [0, 0.1) is 6.92 Å². The van der Waals surface area contributed by atoms with Crippen molar-refractivity contribution < 1.29 is 4.74 Å². The maximum Gasteiger partial charge on any atom is 0.160 e. The zero-order valence-electron chi connectivity index (χ0n) is 8.27. The lowest BCUT2D eigenvalue weighted by Gasteiger charge is -1.98. The van der Waals surface area contributed by atoms with Gasteiger partial charge in [0.15, 0.2) is 5.75 Å². The van der Waals surface area contributed by atoms with Crippen molar-refractivity contribution in [1.82, 2.24) is 9.78 Å². The fourth-order valence-electron chi connectivity index (χ4n) is 1.36. The summed E-state index contributed by atoms with van der Waals surface area (Å²) in [6, 6.07) is 9.96. The van der Waals surface area contributed by atoms with E-state index in [0.29, 0.717) is 0 Å². The number of ether oxygens (including phenoxy) is 1. The minimum absolute atomic E-state index is 0.814. The van der Waals surface area contributed by atoms with Gasteiger partial charge in [-0.2, -0.15) is 5.10 Å². The fourth-order valence-corrected chi connectivity index (χ4v) is 1.36. The number of aryl methyl sites for hydroxylation is 1. The molecule has 0 fully saturated rings. The molecule has 3 nitrogen and oxygen atoms in total. The quantitative estimate of drug-likeness (QED) is 0.722. The maximum absolute atomic E-state index is 5.16. The van der Waals surface area contributed by atoms with E-state index in [2.05, 4.69) is 5.10 Å². The van der Waals surface area contributed by atoms with Gasteiger partial charge in [-0.3, -0.25) is 0 Å². The SMILES string of the molecule is COc1cn(-c2ccccc2)nc1C. The van der Waals surface area contributed by atoms with Crippen molar-refractivity contribution in [2.24, 2.45) is 0 Å². The molecule has 1 aromatic heterocycles. The Hall–Kier alpha value is -1.77. The van der Waals surface area contributed by atoms with Crippen molar-refractivity contribution in [2.45, 2.75) is 6.92 Å². The molecule has 0 saturated carbocycles. The summed E-state index contributed by atoms with van der Waals surface area (Å²) in [6.45, 7) is 1.93. The Morgan fingerprint density at radius 1 is 1.21 bits per heavy atom. The van der Waals surface area contributed by atoms with Crippen LogP contribution < -0.4 is 4.74 Å². The Bertz CT molecular complexity index is 420. The van der Waals surface area contributed by atoms with Crippen molar-refractivity contribution >= 4 is 0 Å². The van der Waals surface area contributed by atoms with E-state index >= 15 is 0 Å². The van der Waals surface area contributed by atoms with Gasteiger partial charge in [0.1, 0.15) is 5.69 Å². The lowest BCUT2D eigenvalue weighted by atomic mass is 10.3. The molecule has 0 unspecified atom stereocenters. The van der Waals surface area contributed by atoms with Crippen LogP contribution >= 0.6 is 0 Å². The average Bonchev–Trinajstić information content (AvgIpc) is 2.61. The van der Waals surface area contributed by atoms with Gasteiger partial charge in [0, 0.05) is 0 Å². The number of aromatic nitrogens is 2. The molecule has 0 spiro atoms. The van der Waals surface area contributed by atoms with Crippen LogP contribution in [-0.2, 0) is 0 Å². The summed E-state index contributed by atoms with van der Waals surface area (Å²) in [6.07, 6.45) is 1.88. The molecule has 2 rings (SSSR count). The third kappa shape index (κ3) is 1.48. The van der Waals surface area contributed by atoms with Gasteiger partial charge < -0.3 is 4.74 Å². The van der Waals surface area contributed by atoms with Gasteiger partial charge in [0.25, 0.3) is 0 Å². The molecule has 14 heavy (non-hydrogen) atoms. The predicted octanol–water partition coefficient (Wildman–Crippen LogP) is 2.19. The van der Waals surface area contributed by atoms with Crippen molar-refractivity contribution in [2.75, 3.05) is 7.11 Å². The van der Waals surface area contributed by atoms with Crippen LogP contribution in [0.5, 0.6) is 5.75 Å². The van der Waals surface area contributed by atoms with Gasteiger partial charge in [-0.25, -0.2) is 4.68 Å². The largest absolute Gasteiger partial charge is 0.493 e. The summed E-state index contributed by atoms with van der Waals surface area (Å²) in [4.78, 5) is 0. The van der Waals surface area contributed by atoms with E-state index in [9.17, 15) is 0 Å². The van der Waals surface area contributed by atoms with Gasteiger partial charge in [0.05, 0.1) is 19.0 Å². The third-order valence-electron chi connectivity index (χ3n) is 2.09. The molecule has 0 bridgehead atoms. The number of methoxy groups -OCH3 is 1. The molecule has 2 aromatic rings. The molecule has 3 heteroatoms. The van der Waals surface area contributed by atoms with Crippen LogP contribution in [-0.4, -0.2) is 16.9 Å². The monoisotopic (exact) mass is 188 g/mol. The van der Waals surface area contributed by atoms with Gasteiger partial charge in [0.2, 0.25) is 0 Å². The second-order valence-corrected chi connectivity index (χ2v) is 3.06. The molecule has 1 heterocycles. The van der Waals surface area contributed by atoms with Crippen LogP contribution in [0.4, 0.5) is 0 Å². The van der Waals surface area contributed by atoms with E-state index in [-0.39, 0.29) is 0 Å². The number of para-hydroxylation sites is 1. The predicted molar refractivity (Wildman–Crippen MR) is 54.9 cm³/mol. The summed E-state index contributed by atoms with van der Waals surface area (Å²) < 4.78 is 6.98. The lowest BCUT2D eigenvalue weighted by Crippen LogP contribution is -1.93. The first-order valence-electron chi connectivity index (χ1n) is 4.47. The number of hydrogen-bond acceptors (Lipinski definition) is 2. The molecular weight excluding hydrogens is 176 g/mol. The molecule has 0 aliphatic carbocycles. The Labute approximate surface area is 82.9 Å². The lowest BCUT2D eigenvalue weighted by molar-refractivity contribution is 0.411. The van der Waals surface area contributed by atoms with E-state index in [4.69, 9.17) is 4.74 Å². The molecule has 72 valence electrons. The summed E-state index contributed by atoms with van der Waals surface area (Å²) in [5.41, 5.74) is 1.94. The second-order valence-electron chi connectivity index (χ2n) is 3.06. The molecule has 0 aliphatic heterocycles. The highest BCUT2D eigenvalue weighted by atomic mass is 16.5. The van der Waals surface area contributed by atoms with Crippen LogP contribution in [0.25, 0.3) is 5.69 Å². The van der Waals surface area contributed by atoms with E-state index in [1.807, 2.05) is 48.1 Å². The molecule has 0 atom stereocenters. The Kier molecular flexibility index (Phi) is 2.23. The molecule has 0 aliphatic rings. The van der Waals surface area contributed by atoms with E-state index in [1.54, 1.807) is 7.11 Å². The first kappa shape index (κ1) is 8.81. The van der Waals surface area contributed by atoms with Crippen molar-refractivity contribution in [3.8, 4) is 11.4 Å². The average molecular weight is 188 g/mol. The highest BCUT2D eigenvalue weighted by Gasteiger charge is 2.04. The minimum atomic E-state index is 0.814. The Balaban J connectivity index is 2.43. The third-order valence-corrected chi connectivity index (χ3v) is 2.09. The van der Waals surface area contributed by atoms with Crippen LogP contribution in [0.2, 0.25) is 0 Å². The number of hydrogen-bond donors (Lipinski definition) is 0. The molecule has 0 saturated heterocycles. The smallest absolute Gasteiger partial charge is 0.160 e. The molecular formula is C11H12N2O. The van der Waals surface area contributed by atoms with Gasteiger partial charge in [-0.15, -0.1) is 0 Å². The first-order valence-corrected chi connectivity index (χ1v) is 4.47. The normalized spacial score (nSPS) is 10.1. The summed E-state index contributed by atoms with van der Waals surface area (Å²) in [7, 11) is 1.65. The highest BCUT2D eigenvalue weighted by molar-refractivity contribution is 5.34. The standard InChI is InChI=1S/C11H12N2O/c1-9-11(14-2)8-13(12-9)10-6-4-3-5-7-10/h3-8H,1-2H3. The topological polar surface area (TPSA) is 27.1 Å². The van der Waals surface area contributed by atoms with E-state index in [1.165, 1.54) is 0 Å². The highest BCUT2D eigenvalue weighted by Crippen LogP contribution is 2.17. The number of rotatable bonds is 2. The van der Waals surface area contributed by atoms with Gasteiger partial charge >= 0.3 is 0 Å². The van der Waals surface area contributed by atoms with E-state index < -0.39 is 0 Å². The molecule has 0 N–H and O–H groups in total. The zero-order valence-corrected chi connectivity index (χ0v) is 8.27. The number of nitrogens with zero attached hydrogens (tertiary/aromatic N) is 2. The first-order chi connectivity index (χ1) is 6.81. The van der Waals surface area contributed by atoms with Crippen LogP contribution in [0.3, 0.4) is 0 Å². The Morgan fingerprint density at radius 3 is 2.50 bits per heavy atom. The summed E-state index contributed by atoms with van der Waals surface area (Å²) >= 11 is 0. The summed E-state index contributed by atoms with van der Waals surface area (Å²) in [5.74, 6) is 0.814. The van der Waals surface area contributed by atoms with Gasteiger partial charge in [-0.05, 0) is 19.1 Å². The molecule has 0 amide bonds. The van der Waals surface area contributed by atoms with Gasteiger partial charge in [-0.1, -0.05) is 18.2 Å². The van der Waals surface area contributed by atoms with Crippen molar-refractivity contribution in [3.05, 3.63) is 42.2 Å².